The molecule has 1 atom stereocenters. The molecule has 1 aromatic carbocycles. The molecular weight excluding hydrogens is 442 g/mol. The van der Waals surface area contributed by atoms with Gasteiger partial charge in [-0.1, -0.05) is 32.4 Å². The highest BCUT2D eigenvalue weighted by atomic mass is 35.5. The number of nitrogens with one attached hydrogen (secondary N) is 1. The Labute approximate surface area is 196 Å². The second kappa shape index (κ2) is 8.93. The van der Waals surface area contributed by atoms with Crippen LogP contribution in [0, 0.1) is 22.7 Å². The number of rotatable bonds is 4. The molecule has 0 spiro atoms. The summed E-state index contributed by atoms with van der Waals surface area (Å²) < 4.78 is 5.79. The fraction of sp³-hybridized carbons (Fsp3) is 0.320. The summed E-state index contributed by atoms with van der Waals surface area (Å²) in [4.78, 5) is 18.5. The number of nitriles is 1. The minimum Gasteiger partial charge on any atom is -0.457 e. The summed E-state index contributed by atoms with van der Waals surface area (Å²) in [7, 11) is 0. The van der Waals surface area contributed by atoms with Gasteiger partial charge < -0.3 is 4.42 Å². The lowest BCUT2D eigenvalue weighted by molar-refractivity contribution is -0.112. The van der Waals surface area contributed by atoms with E-state index in [0.29, 0.717) is 27.6 Å². The summed E-state index contributed by atoms with van der Waals surface area (Å²) in [6, 6.07) is 12.7. The average molecular weight is 466 g/mol. The van der Waals surface area contributed by atoms with Crippen LogP contribution in [0.5, 0.6) is 0 Å². The van der Waals surface area contributed by atoms with Crippen molar-refractivity contribution in [1.29, 1.82) is 5.26 Å². The summed E-state index contributed by atoms with van der Waals surface area (Å²) >= 11 is 7.43. The molecule has 0 saturated carbocycles. The van der Waals surface area contributed by atoms with Crippen LogP contribution in [0.3, 0.4) is 0 Å². The van der Waals surface area contributed by atoms with E-state index < -0.39 is 5.91 Å². The Morgan fingerprint density at radius 2 is 2.03 bits per heavy atom. The van der Waals surface area contributed by atoms with E-state index in [0.717, 1.165) is 30.5 Å². The van der Waals surface area contributed by atoms with Gasteiger partial charge >= 0.3 is 0 Å². The molecule has 1 aliphatic carbocycles. The fourth-order valence-corrected chi connectivity index (χ4v) is 5.03. The van der Waals surface area contributed by atoms with E-state index in [1.807, 2.05) is 18.2 Å². The molecule has 3 aromatic rings. The van der Waals surface area contributed by atoms with Gasteiger partial charge in [0.1, 0.15) is 23.2 Å². The topological polar surface area (TPSA) is 78.9 Å². The molecule has 2 aromatic heterocycles. The van der Waals surface area contributed by atoms with Crippen LogP contribution in [0.25, 0.3) is 17.4 Å². The van der Waals surface area contributed by atoms with Crippen LogP contribution in [0.2, 0.25) is 5.02 Å². The highest BCUT2D eigenvalue weighted by molar-refractivity contribution is 7.15. The minimum absolute atomic E-state index is 0.0391. The van der Waals surface area contributed by atoms with Crippen LogP contribution >= 0.6 is 22.9 Å². The molecule has 0 radical (unpaired) electrons. The molecule has 164 valence electrons. The number of benzene rings is 1. The first-order valence-electron chi connectivity index (χ1n) is 10.5. The first-order chi connectivity index (χ1) is 15.2. The van der Waals surface area contributed by atoms with Gasteiger partial charge in [-0.3, -0.25) is 10.1 Å². The highest BCUT2D eigenvalue weighted by Gasteiger charge is 2.31. The number of amides is 1. The van der Waals surface area contributed by atoms with E-state index in [4.69, 9.17) is 16.0 Å². The fourth-order valence-electron chi connectivity index (χ4n) is 3.82. The Morgan fingerprint density at radius 1 is 1.28 bits per heavy atom. The molecule has 0 unspecified atom stereocenters. The molecule has 1 N–H and O–H groups in total. The number of carbonyl (C=O) groups excluding carboxylic acids is 1. The largest absolute Gasteiger partial charge is 0.457 e. The van der Waals surface area contributed by atoms with Crippen LogP contribution in [-0.4, -0.2) is 10.9 Å². The number of furan rings is 1. The van der Waals surface area contributed by atoms with Gasteiger partial charge in [0.15, 0.2) is 5.13 Å². The van der Waals surface area contributed by atoms with Gasteiger partial charge in [0.25, 0.3) is 5.91 Å². The maximum absolute atomic E-state index is 12.7. The van der Waals surface area contributed by atoms with Crippen molar-refractivity contribution in [3.63, 3.8) is 0 Å². The molecule has 1 amide bonds. The Kier molecular flexibility index (Phi) is 6.23. The molecule has 2 heterocycles. The van der Waals surface area contributed by atoms with E-state index in [9.17, 15) is 10.1 Å². The standard InChI is InChI=1S/C25H24ClN3O2S/c1-25(2,3)17-6-10-20-22(13-17)32-24(28-20)29-23(30)16(14-27)12-19-9-11-21(31-19)15-4-7-18(26)8-5-15/h4-5,7-9,11-12,17H,6,10,13H2,1-3H3,(H,28,29,30)/b16-12+/t17-/m1/s1. The average Bonchev–Trinajstić information content (AvgIpc) is 3.37. The van der Waals surface area contributed by atoms with Crippen molar-refractivity contribution in [3.8, 4) is 17.4 Å². The maximum Gasteiger partial charge on any atom is 0.268 e. The summed E-state index contributed by atoms with van der Waals surface area (Å²) in [5.41, 5.74) is 2.13. The lowest BCUT2D eigenvalue weighted by Crippen LogP contribution is -2.26. The molecule has 0 saturated heterocycles. The Morgan fingerprint density at radius 3 is 2.72 bits per heavy atom. The van der Waals surface area contributed by atoms with E-state index >= 15 is 0 Å². The van der Waals surface area contributed by atoms with Gasteiger partial charge in [-0.05, 0) is 67.0 Å². The zero-order valence-electron chi connectivity index (χ0n) is 18.2. The SMILES string of the molecule is CC(C)(C)[C@@H]1CCc2nc(NC(=O)/C(C#N)=C/c3ccc(-c4ccc(Cl)cc4)o3)sc2C1. The van der Waals surface area contributed by atoms with Gasteiger partial charge in [0, 0.05) is 21.5 Å². The van der Waals surface area contributed by atoms with Crippen molar-refractivity contribution in [1.82, 2.24) is 4.98 Å². The summed E-state index contributed by atoms with van der Waals surface area (Å²) in [6.45, 7) is 6.80. The van der Waals surface area contributed by atoms with Crippen molar-refractivity contribution in [3.05, 3.63) is 63.3 Å². The molecule has 1 aliphatic rings. The van der Waals surface area contributed by atoms with Crippen molar-refractivity contribution in [2.45, 2.75) is 40.0 Å². The Hall–Kier alpha value is -2.88. The number of carbonyl (C=O) groups is 1. The van der Waals surface area contributed by atoms with E-state index in [1.165, 1.54) is 22.3 Å². The maximum atomic E-state index is 12.7. The predicted octanol–water partition coefficient (Wildman–Crippen LogP) is 6.75. The number of halogens is 1. The van der Waals surface area contributed by atoms with Gasteiger partial charge in [-0.15, -0.1) is 11.3 Å². The van der Waals surface area contributed by atoms with E-state index in [2.05, 4.69) is 31.1 Å². The summed E-state index contributed by atoms with van der Waals surface area (Å²) in [5.74, 6) is 1.16. The van der Waals surface area contributed by atoms with Crippen molar-refractivity contribution in [2.24, 2.45) is 11.3 Å². The van der Waals surface area contributed by atoms with Gasteiger partial charge in [0.2, 0.25) is 0 Å². The van der Waals surface area contributed by atoms with Crippen LogP contribution in [0.4, 0.5) is 5.13 Å². The van der Waals surface area contributed by atoms with E-state index in [-0.39, 0.29) is 11.0 Å². The first-order valence-corrected chi connectivity index (χ1v) is 11.7. The van der Waals surface area contributed by atoms with Crippen LogP contribution in [0.15, 0.2) is 46.4 Å². The molecule has 32 heavy (non-hydrogen) atoms. The van der Waals surface area contributed by atoms with Crippen molar-refractivity contribution < 1.29 is 9.21 Å². The third-order valence-electron chi connectivity index (χ3n) is 5.79. The second-order valence-electron chi connectivity index (χ2n) is 9.03. The molecule has 0 bridgehead atoms. The minimum atomic E-state index is -0.490. The smallest absolute Gasteiger partial charge is 0.268 e. The molecule has 4 rings (SSSR count). The van der Waals surface area contributed by atoms with Crippen LogP contribution in [0.1, 0.15) is 43.5 Å². The quantitative estimate of drug-likeness (QED) is 0.341. The first kappa shape index (κ1) is 22.3. The number of anilines is 1. The van der Waals surface area contributed by atoms with Crippen LogP contribution < -0.4 is 5.32 Å². The summed E-state index contributed by atoms with van der Waals surface area (Å²) in [5, 5.41) is 13.5. The Bertz CT molecular complexity index is 1210. The monoisotopic (exact) mass is 465 g/mol. The Balaban J connectivity index is 1.47. The number of aromatic nitrogens is 1. The zero-order valence-corrected chi connectivity index (χ0v) is 19.8. The van der Waals surface area contributed by atoms with Gasteiger partial charge in [-0.25, -0.2) is 4.98 Å². The lowest BCUT2D eigenvalue weighted by Gasteiger charge is -2.33. The number of hydrogen-bond donors (Lipinski definition) is 1. The highest BCUT2D eigenvalue weighted by Crippen LogP contribution is 2.40. The summed E-state index contributed by atoms with van der Waals surface area (Å²) in [6.07, 6.45) is 4.45. The van der Waals surface area contributed by atoms with Crippen LogP contribution in [-0.2, 0) is 17.6 Å². The molecule has 7 heteroatoms. The number of thiazole rings is 1. The molecule has 5 nitrogen and oxygen atoms in total. The second-order valence-corrected chi connectivity index (χ2v) is 10.5. The van der Waals surface area contributed by atoms with Gasteiger partial charge in [-0.2, -0.15) is 5.26 Å². The third-order valence-corrected chi connectivity index (χ3v) is 7.08. The third kappa shape index (κ3) is 4.95. The molecule has 0 fully saturated rings. The number of aryl methyl sites for hydroxylation is 1. The number of fused-ring (bicyclic) bond motifs is 1. The number of hydrogen-bond acceptors (Lipinski definition) is 5. The predicted molar refractivity (Wildman–Crippen MR) is 128 cm³/mol. The van der Waals surface area contributed by atoms with E-state index in [1.54, 1.807) is 24.3 Å². The normalized spacial score (nSPS) is 16.3. The van der Waals surface area contributed by atoms with Crippen molar-refractivity contribution >= 4 is 40.1 Å². The molecular formula is C25H24ClN3O2S. The molecule has 0 aliphatic heterocycles. The zero-order chi connectivity index (χ0) is 22.9. The number of nitrogens with zero attached hydrogens (tertiary/aromatic N) is 2. The van der Waals surface area contributed by atoms with Gasteiger partial charge in [0.05, 0.1) is 5.69 Å². The van der Waals surface area contributed by atoms with Crippen molar-refractivity contribution in [2.75, 3.05) is 5.32 Å². The lowest BCUT2D eigenvalue weighted by atomic mass is 9.73.